The van der Waals surface area contributed by atoms with E-state index in [-0.39, 0.29) is 22.6 Å². The van der Waals surface area contributed by atoms with Crippen LogP contribution in [0.2, 0.25) is 0 Å². The van der Waals surface area contributed by atoms with Gasteiger partial charge in [-0.25, -0.2) is 4.90 Å². The predicted octanol–water partition coefficient (Wildman–Crippen LogP) is 4.08. The van der Waals surface area contributed by atoms with E-state index in [1.807, 2.05) is 49.4 Å². The SMILES string of the molecule is Cc1cccc(N2C(=O)CC(N3C(=O)C(=CC=Cc4ccccc4)SC3=S)C2=O)c1. The molecule has 0 radical (unpaired) electrons. The highest BCUT2D eigenvalue weighted by atomic mass is 32.2. The number of hydrogen-bond acceptors (Lipinski definition) is 5. The third kappa shape index (κ3) is 3.86. The zero-order valence-electron chi connectivity index (χ0n) is 16.1. The number of nitrogens with zero attached hydrogens (tertiary/aromatic N) is 2. The number of thiocarbonyl (C=S) groups is 1. The molecular weight excluding hydrogens is 416 g/mol. The van der Waals surface area contributed by atoms with Crippen molar-refractivity contribution in [2.24, 2.45) is 0 Å². The molecule has 4 rings (SSSR count). The highest BCUT2D eigenvalue weighted by Crippen LogP contribution is 2.36. The molecule has 0 spiro atoms. The van der Waals surface area contributed by atoms with Crippen LogP contribution in [-0.4, -0.2) is 33.0 Å². The first kappa shape index (κ1) is 20.3. The first-order valence-electron chi connectivity index (χ1n) is 9.38. The molecule has 2 fully saturated rings. The van der Waals surface area contributed by atoms with E-state index in [4.69, 9.17) is 12.2 Å². The maximum absolute atomic E-state index is 13.0. The molecule has 1 atom stereocenters. The molecule has 0 saturated carbocycles. The summed E-state index contributed by atoms with van der Waals surface area (Å²) in [6.45, 7) is 1.89. The first-order valence-corrected chi connectivity index (χ1v) is 10.6. The third-order valence-electron chi connectivity index (χ3n) is 4.85. The molecular formula is C23H18N2O3S2. The molecule has 2 heterocycles. The van der Waals surface area contributed by atoms with Crippen molar-refractivity contribution in [3.63, 3.8) is 0 Å². The Labute approximate surface area is 184 Å². The van der Waals surface area contributed by atoms with Crippen molar-refractivity contribution >= 4 is 57.8 Å². The highest BCUT2D eigenvalue weighted by molar-refractivity contribution is 8.26. The number of carbonyl (C=O) groups is 3. The summed E-state index contributed by atoms with van der Waals surface area (Å²) in [5, 5.41) is 0. The molecule has 0 bridgehead atoms. The lowest BCUT2D eigenvalue weighted by atomic mass is 10.2. The normalized spacial score (nSPS) is 21.0. The van der Waals surface area contributed by atoms with Crippen LogP contribution in [0.5, 0.6) is 0 Å². The summed E-state index contributed by atoms with van der Waals surface area (Å²) in [6.07, 6.45) is 5.27. The maximum atomic E-state index is 13.0. The van der Waals surface area contributed by atoms with Crippen LogP contribution in [0.3, 0.4) is 0 Å². The fourth-order valence-corrected chi connectivity index (χ4v) is 4.74. The molecule has 3 amide bonds. The molecule has 5 nitrogen and oxygen atoms in total. The zero-order chi connectivity index (χ0) is 21.3. The average molecular weight is 435 g/mol. The number of carbonyl (C=O) groups excluding carboxylic acids is 3. The second-order valence-corrected chi connectivity index (χ2v) is 8.65. The molecule has 150 valence electrons. The second-order valence-electron chi connectivity index (χ2n) is 6.97. The van der Waals surface area contributed by atoms with Crippen LogP contribution in [0.4, 0.5) is 5.69 Å². The number of allylic oxidation sites excluding steroid dienone is 2. The minimum atomic E-state index is -0.908. The molecule has 2 aromatic carbocycles. The van der Waals surface area contributed by atoms with Gasteiger partial charge >= 0.3 is 0 Å². The van der Waals surface area contributed by atoms with Gasteiger partial charge in [0.25, 0.3) is 11.8 Å². The van der Waals surface area contributed by atoms with Crippen LogP contribution < -0.4 is 4.90 Å². The number of anilines is 1. The van der Waals surface area contributed by atoms with Crippen molar-refractivity contribution in [2.75, 3.05) is 4.90 Å². The largest absolute Gasteiger partial charge is 0.280 e. The molecule has 2 saturated heterocycles. The van der Waals surface area contributed by atoms with E-state index < -0.39 is 11.9 Å². The first-order chi connectivity index (χ1) is 14.5. The molecule has 1 unspecified atom stereocenters. The van der Waals surface area contributed by atoms with E-state index in [9.17, 15) is 14.4 Å². The molecule has 30 heavy (non-hydrogen) atoms. The lowest BCUT2D eigenvalue weighted by Gasteiger charge is -2.21. The van der Waals surface area contributed by atoms with Crippen LogP contribution >= 0.6 is 24.0 Å². The third-order valence-corrected chi connectivity index (χ3v) is 6.20. The van der Waals surface area contributed by atoms with Gasteiger partial charge in [-0.1, -0.05) is 78.6 Å². The summed E-state index contributed by atoms with van der Waals surface area (Å²) in [6, 6.07) is 16.0. The standard InChI is InChI=1S/C23H18N2O3S2/c1-15-7-5-11-17(13-15)24-20(26)14-18(21(24)27)25-22(28)19(30-23(25)29)12-6-10-16-8-3-2-4-9-16/h2-13,18H,14H2,1H3. The van der Waals surface area contributed by atoms with Crippen molar-refractivity contribution in [1.29, 1.82) is 0 Å². The second kappa shape index (κ2) is 8.38. The Morgan fingerprint density at radius 3 is 2.57 bits per heavy atom. The number of amides is 3. The molecule has 7 heteroatoms. The highest BCUT2D eigenvalue weighted by Gasteiger charge is 2.48. The van der Waals surface area contributed by atoms with Crippen LogP contribution in [0.1, 0.15) is 17.5 Å². The van der Waals surface area contributed by atoms with Gasteiger partial charge in [-0.2, -0.15) is 0 Å². The molecule has 0 aromatic heterocycles. The van der Waals surface area contributed by atoms with E-state index in [2.05, 4.69) is 0 Å². The van der Waals surface area contributed by atoms with E-state index in [1.54, 1.807) is 30.4 Å². The van der Waals surface area contributed by atoms with E-state index in [1.165, 1.54) is 4.90 Å². The van der Waals surface area contributed by atoms with Gasteiger partial charge in [0.2, 0.25) is 5.91 Å². The van der Waals surface area contributed by atoms with Gasteiger partial charge in [-0.3, -0.25) is 19.3 Å². The van der Waals surface area contributed by atoms with Gasteiger partial charge in [0, 0.05) is 0 Å². The van der Waals surface area contributed by atoms with Crippen LogP contribution in [0.15, 0.2) is 71.7 Å². The van der Waals surface area contributed by atoms with Crippen LogP contribution in [0.25, 0.3) is 6.08 Å². The van der Waals surface area contributed by atoms with E-state index >= 15 is 0 Å². The Morgan fingerprint density at radius 2 is 1.83 bits per heavy atom. The lowest BCUT2D eigenvalue weighted by molar-refractivity contribution is -0.130. The van der Waals surface area contributed by atoms with Gasteiger partial charge in [-0.15, -0.1) is 0 Å². The summed E-state index contributed by atoms with van der Waals surface area (Å²) in [7, 11) is 0. The topological polar surface area (TPSA) is 57.7 Å². The lowest BCUT2D eigenvalue weighted by Crippen LogP contribution is -2.44. The summed E-state index contributed by atoms with van der Waals surface area (Å²) in [5.74, 6) is -1.11. The van der Waals surface area contributed by atoms with E-state index in [0.29, 0.717) is 10.6 Å². The van der Waals surface area contributed by atoms with Crippen LogP contribution in [-0.2, 0) is 14.4 Å². The van der Waals surface area contributed by atoms with Crippen molar-refractivity contribution in [3.8, 4) is 0 Å². The Morgan fingerprint density at radius 1 is 1.07 bits per heavy atom. The Kier molecular flexibility index (Phi) is 5.65. The van der Waals surface area contributed by atoms with Crippen molar-refractivity contribution in [3.05, 3.63) is 82.8 Å². The summed E-state index contributed by atoms with van der Waals surface area (Å²) in [5.41, 5.74) is 2.46. The van der Waals surface area contributed by atoms with Gasteiger partial charge < -0.3 is 0 Å². The van der Waals surface area contributed by atoms with Crippen molar-refractivity contribution in [1.82, 2.24) is 4.90 Å². The van der Waals surface area contributed by atoms with Gasteiger partial charge in [0.15, 0.2) is 0 Å². The number of hydrogen-bond donors (Lipinski definition) is 0. The smallest absolute Gasteiger partial charge is 0.266 e. The van der Waals surface area contributed by atoms with Gasteiger partial charge in [0.05, 0.1) is 17.0 Å². The van der Waals surface area contributed by atoms with Crippen molar-refractivity contribution < 1.29 is 14.4 Å². The average Bonchev–Trinajstić information content (AvgIpc) is 3.17. The number of rotatable bonds is 4. The predicted molar refractivity (Wildman–Crippen MR) is 123 cm³/mol. The Balaban J connectivity index is 1.54. The van der Waals surface area contributed by atoms with Crippen molar-refractivity contribution in [2.45, 2.75) is 19.4 Å². The maximum Gasteiger partial charge on any atom is 0.266 e. The van der Waals surface area contributed by atoms with E-state index in [0.717, 1.165) is 27.8 Å². The summed E-state index contributed by atoms with van der Waals surface area (Å²) < 4.78 is 0.289. The number of aryl methyl sites for hydroxylation is 1. The molecule has 0 aliphatic carbocycles. The minimum Gasteiger partial charge on any atom is -0.280 e. The minimum absolute atomic E-state index is 0.0770. The fourth-order valence-electron chi connectivity index (χ4n) is 3.43. The molecule has 2 aromatic rings. The van der Waals surface area contributed by atoms with Crippen LogP contribution in [0, 0.1) is 6.92 Å². The monoisotopic (exact) mass is 434 g/mol. The molecule has 0 N–H and O–H groups in total. The summed E-state index contributed by atoms with van der Waals surface area (Å²) >= 11 is 6.51. The number of benzene rings is 2. The van der Waals surface area contributed by atoms with Gasteiger partial charge in [-0.05, 0) is 36.3 Å². The zero-order valence-corrected chi connectivity index (χ0v) is 17.8. The number of imide groups is 1. The molecule has 2 aliphatic heterocycles. The quantitative estimate of drug-likeness (QED) is 0.412. The number of thioether (sulfide) groups is 1. The molecule has 2 aliphatic rings. The van der Waals surface area contributed by atoms with Gasteiger partial charge in [0.1, 0.15) is 10.4 Å². The fraction of sp³-hybridized carbons (Fsp3) is 0.130. The Hall–Kier alpha value is -3.03. The Bertz CT molecular complexity index is 1110. The summed E-state index contributed by atoms with van der Waals surface area (Å²) in [4.78, 5) is 41.4.